The summed E-state index contributed by atoms with van der Waals surface area (Å²) in [5, 5.41) is 3.31. The fourth-order valence-electron chi connectivity index (χ4n) is 2.30. The molecule has 0 saturated carbocycles. The third-order valence-electron chi connectivity index (χ3n) is 3.29. The molecule has 0 aliphatic carbocycles. The van der Waals surface area contributed by atoms with Gasteiger partial charge in [-0.3, -0.25) is 4.79 Å². The summed E-state index contributed by atoms with van der Waals surface area (Å²) in [7, 11) is 1.44. The third-order valence-corrected chi connectivity index (χ3v) is 3.29. The van der Waals surface area contributed by atoms with Crippen LogP contribution >= 0.6 is 0 Å². The van der Waals surface area contributed by atoms with Crippen LogP contribution in [0.5, 0.6) is 0 Å². The standard InChI is InChI=1S/C11H17N3O2/c1-16-10(15)8-11(2-4-12-5-3-11)14-7-6-13-9-14/h6-7,9,12H,2-5,8H2,1H3. The van der Waals surface area contributed by atoms with Crippen molar-refractivity contribution in [2.24, 2.45) is 0 Å². The Morgan fingerprint density at radius 1 is 1.56 bits per heavy atom. The van der Waals surface area contributed by atoms with Gasteiger partial charge in [-0.1, -0.05) is 0 Å². The Kier molecular flexibility index (Phi) is 3.24. The Morgan fingerprint density at radius 3 is 2.88 bits per heavy atom. The number of hydrogen-bond donors (Lipinski definition) is 1. The average molecular weight is 223 g/mol. The van der Waals surface area contributed by atoms with Gasteiger partial charge >= 0.3 is 5.97 Å². The maximum absolute atomic E-state index is 11.5. The Labute approximate surface area is 94.8 Å². The minimum atomic E-state index is -0.158. The summed E-state index contributed by atoms with van der Waals surface area (Å²) < 4.78 is 6.83. The van der Waals surface area contributed by atoms with E-state index < -0.39 is 0 Å². The summed E-state index contributed by atoms with van der Waals surface area (Å²) in [6.45, 7) is 1.85. The van der Waals surface area contributed by atoms with E-state index in [1.54, 1.807) is 12.5 Å². The quantitative estimate of drug-likeness (QED) is 0.759. The molecule has 0 radical (unpaired) electrons. The summed E-state index contributed by atoms with van der Waals surface area (Å²) in [6, 6.07) is 0. The number of methoxy groups -OCH3 is 1. The molecule has 0 atom stereocenters. The summed E-state index contributed by atoms with van der Waals surface area (Å²) >= 11 is 0. The van der Waals surface area contributed by atoms with E-state index in [1.165, 1.54) is 7.11 Å². The van der Waals surface area contributed by atoms with E-state index in [0.717, 1.165) is 25.9 Å². The Hall–Kier alpha value is -1.36. The first-order chi connectivity index (χ1) is 7.77. The number of carbonyl (C=O) groups excluding carboxylic acids is 1. The van der Waals surface area contributed by atoms with Crippen molar-refractivity contribution in [3.05, 3.63) is 18.7 Å². The second-order valence-electron chi connectivity index (χ2n) is 4.20. The van der Waals surface area contributed by atoms with E-state index >= 15 is 0 Å². The van der Waals surface area contributed by atoms with E-state index in [-0.39, 0.29) is 11.5 Å². The smallest absolute Gasteiger partial charge is 0.307 e. The van der Waals surface area contributed by atoms with E-state index in [0.29, 0.717) is 6.42 Å². The number of aromatic nitrogens is 2. The summed E-state index contributed by atoms with van der Waals surface area (Å²) in [5.41, 5.74) is -0.158. The highest BCUT2D eigenvalue weighted by atomic mass is 16.5. The number of ether oxygens (including phenoxy) is 1. The molecular weight excluding hydrogens is 206 g/mol. The van der Waals surface area contributed by atoms with Crippen molar-refractivity contribution >= 4 is 5.97 Å². The molecule has 1 aromatic rings. The van der Waals surface area contributed by atoms with Crippen LogP contribution in [-0.4, -0.2) is 35.7 Å². The molecule has 2 heterocycles. The fraction of sp³-hybridized carbons (Fsp3) is 0.636. The maximum Gasteiger partial charge on any atom is 0.307 e. The molecule has 1 aliphatic heterocycles. The second-order valence-corrected chi connectivity index (χ2v) is 4.20. The van der Waals surface area contributed by atoms with Crippen molar-refractivity contribution < 1.29 is 9.53 Å². The first-order valence-corrected chi connectivity index (χ1v) is 5.53. The highest BCUT2D eigenvalue weighted by Gasteiger charge is 2.36. The van der Waals surface area contributed by atoms with Gasteiger partial charge in [0.25, 0.3) is 0 Å². The molecule has 5 heteroatoms. The van der Waals surface area contributed by atoms with Gasteiger partial charge in [-0.2, -0.15) is 0 Å². The maximum atomic E-state index is 11.5. The molecule has 0 aromatic carbocycles. The number of nitrogens with zero attached hydrogens (tertiary/aromatic N) is 2. The summed E-state index contributed by atoms with van der Waals surface area (Å²) in [6.07, 6.45) is 7.74. The van der Waals surface area contributed by atoms with Gasteiger partial charge in [-0.05, 0) is 25.9 Å². The van der Waals surface area contributed by atoms with Crippen molar-refractivity contribution in [1.82, 2.24) is 14.9 Å². The molecule has 16 heavy (non-hydrogen) atoms. The van der Waals surface area contributed by atoms with Crippen LogP contribution in [0, 0.1) is 0 Å². The predicted molar refractivity (Wildman–Crippen MR) is 58.9 cm³/mol. The zero-order chi connectivity index (χ0) is 11.4. The topological polar surface area (TPSA) is 56.2 Å². The monoisotopic (exact) mass is 223 g/mol. The lowest BCUT2D eigenvalue weighted by Crippen LogP contribution is -2.45. The highest BCUT2D eigenvalue weighted by molar-refractivity contribution is 5.70. The second kappa shape index (κ2) is 4.65. The summed E-state index contributed by atoms with van der Waals surface area (Å²) in [4.78, 5) is 15.6. The minimum absolute atomic E-state index is 0.157. The molecule has 0 bridgehead atoms. The number of hydrogen-bond acceptors (Lipinski definition) is 4. The van der Waals surface area contributed by atoms with Crippen molar-refractivity contribution in [1.29, 1.82) is 0 Å². The van der Waals surface area contributed by atoms with Gasteiger partial charge in [0.05, 0.1) is 25.4 Å². The SMILES string of the molecule is COC(=O)CC1(n2ccnc2)CCNCC1. The van der Waals surface area contributed by atoms with E-state index in [2.05, 4.69) is 10.3 Å². The highest BCUT2D eigenvalue weighted by Crippen LogP contribution is 2.31. The molecule has 1 aliphatic rings. The molecule has 0 spiro atoms. The van der Waals surface area contributed by atoms with Gasteiger partial charge in [0.2, 0.25) is 0 Å². The van der Waals surface area contributed by atoms with Gasteiger partial charge in [-0.15, -0.1) is 0 Å². The van der Waals surface area contributed by atoms with Gasteiger partial charge in [0, 0.05) is 12.4 Å². The van der Waals surface area contributed by atoms with Crippen LogP contribution in [0.25, 0.3) is 0 Å². The number of nitrogens with one attached hydrogen (secondary N) is 1. The van der Waals surface area contributed by atoms with Crippen molar-refractivity contribution in [2.75, 3.05) is 20.2 Å². The summed E-state index contributed by atoms with van der Waals surface area (Å²) in [5.74, 6) is -0.157. The Bertz CT molecular complexity index is 342. The number of rotatable bonds is 3. The number of imidazole rings is 1. The largest absolute Gasteiger partial charge is 0.469 e. The van der Waals surface area contributed by atoms with Crippen LogP contribution in [-0.2, 0) is 15.1 Å². The lowest BCUT2D eigenvalue weighted by Gasteiger charge is -2.38. The zero-order valence-corrected chi connectivity index (χ0v) is 9.48. The lowest BCUT2D eigenvalue weighted by atomic mass is 9.85. The minimum Gasteiger partial charge on any atom is -0.469 e. The van der Waals surface area contributed by atoms with Crippen LogP contribution in [0.1, 0.15) is 19.3 Å². The van der Waals surface area contributed by atoms with Gasteiger partial charge in [0.1, 0.15) is 0 Å². The molecule has 1 N–H and O–H groups in total. The van der Waals surface area contributed by atoms with Gasteiger partial charge in [-0.25, -0.2) is 4.98 Å². The number of esters is 1. The molecule has 1 fully saturated rings. The fourth-order valence-corrected chi connectivity index (χ4v) is 2.30. The van der Waals surface area contributed by atoms with E-state index in [1.807, 2.05) is 10.8 Å². The van der Waals surface area contributed by atoms with Gasteiger partial charge < -0.3 is 14.6 Å². The van der Waals surface area contributed by atoms with E-state index in [4.69, 9.17) is 4.74 Å². The predicted octanol–water partition coefficient (Wildman–Crippen LogP) is 0.525. The van der Waals surface area contributed by atoms with Crippen molar-refractivity contribution in [2.45, 2.75) is 24.8 Å². The van der Waals surface area contributed by atoms with Crippen molar-refractivity contribution in [3.63, 3.8) is 0 Å². The molecule has 5 nitrogen and oxygen atoms in total. The molecule has 0 amide bonds. The average Bonchev–Trinajstić information content (AvgIpc) is 2.84. The Morgan fingerprint density at radius 2 is 2.31 bits per heavy atom. The molecule has 0 unspecified atom stereocenters. The number of carbonyl (C=O) groups is 1. The van der Waals surface area contributed by atoms with E-state index in [9.17, 15) is 4.79 Å². The van der Waals surface area contributed by atoms with Crippen LogP contribution < -0.4 is 5.32 Å². The van der Waals surface area contributed by atoms with Gasteiger partial charge in [0.15, 0.2) is 0 Å². The molecular formula is C11H17N3O2. The van der Waals surface area contributed by atoms with Crippen molar-refractivity contribution in [3.8, 4) is 0 Å². The zero-order valence-electron chi connectivity index (χ0n) is 9.48. The molecule has 1 aromatic heterocycles. The first kappa shape index (κ1) is 11.1. The van der Waals surface area contributed by atoms with Crippen LogP contribution in [0.2, 0.25) is 0 Å². The molecule has 1 saturated heterocycles. The lowest BCUT2D eigenvalue weighted by molar-refractivity contribution is -0.143. The molecule has 88 valence electrons. The van der Waals surface area contributed by atoms with Crippen LogP contribution in [0.3, 0.4) is 0 Å². The van der Waals surface area contributed by atoms with Crippen LogP contribution in [0.15, 0.2) is 18.7 Å². The number of piperidine rings is 1. The normalized spacial score (nSPS) is 19.3. The third kappa shape index (κ3) is 2.09. The first-order valence-electron chi connectivity index (χ1n) is 5.53. The molecule has 2 rings (SSSR count). The van der Waals surface area contributed by atoms with Crippen LogP contribution in [0.4, 0.5) is 0 Å². The Balaban J connectivity index is 2.21.